The van der Waals surface area contributed by atoms with Crippen molar-refractivity contribution in [3.05, 3.63) is 53.3 Å². The maximum Gasteiger partial charge on any atom is 0.254 e. The summed E-state index contributed by atoms with van der Waals surface area (Å²) in [5.41, 5.74) is 2.91. The molecule has 1 saturated heterocycles. The van der Waals surface area contributed by atoms with Crippen LogP contribution in [0.15, 0.2) is 36.7 Å². The molecule has 1 aromatic heterocycles. The minimum absolute atomic E-state index is 0.0100. The highest BCUT2D eigenvalue weighted by Crippen LogP contribution is 2.28. The number of nitrogens with one attached hydrogen (secondary N) is 1. The maximum atomic E-state index is 12.3. The molecule has 0 aliphatic carbocycles. The smallest absolute Gasteiger partial charge is 0.254 e. The molecular weight excluding hydrogens is 278 g/mol. The number of nitrogens with zero attached hydrogens (tertiary/aromatic N) is 2. The minimum Gasteiger partial charge on any atom is -0.371 e. The van der Waals surface area contributed by atoms with E-state index in [4.69, 9.17) is 4.74 Å². The maximum absolute atomic E-state index is 12.3. The van der Waals surface area contributed by atoms with E-state index in [1.54, 1.807) is 24.1 Å². The van der Waals surface area contributed by atoms with Crippen molar-refractivity contribution in [1.82, 2.24) is 15.1 Å². The second-order valence-corrected chi connectivity index (χ2v) is 5.83. The van der Waals surface area contributed by atoms with Gasteiger partial charge in [-0.05, 0) is 25.3 Å². The van der Waals surface area contributed by atoms with Crippen LogP contribution in [0.3, 0.4) is 0 Å². The number of benzene rings is 1. The van der Waals surface area contributed by atoms with Crippen molar-refractivity contribution in [1.29, 1.82) is 0 Å². The van der Waals surface area contributed by atoms with E-state index in [0.717, 1.165) is 25.0 Å². The monoisotopic (exact) mass is 299 g/mol. The van der Waals surface area contributed by atoms with Crippen molar-refractivity contribution in [2.75, 3.05) is 6.61 Å². The molecule has 1 aliphatic rings. The van der Waals surface area contributed by atoms with Crippen LogP contribution in [0.1, 0.15) is 40.4 Å². The standard InChI is InChI=1S/C17H21N3O2/c1-12-5-7-13(8-6-12)16-15(4-3-9-22-16)19-17(21)14-10-18-20(2)11-14/h5-8,10-11,15-16H,3-4,9H2,1-2H3,(H,19,21)/t15-,16-/m0/s1. The molecule has 5 nitrogen and oxygen atoms in total. The molecule has 3 rings (SSSR count). The molecule has 0 spiro atoms. The molecule has 2 heterocycles. The van der Waals surface area contributed by atoms with Crippen LogP contribution >= 0.6 is 0 Å². The van der Waals surface area contributed by atoms with Gasteiger partial charge in [0.25, 0.3) is 5.91 Å². The first-order valence-corrected chi connectivity index (χ1v) is 7.61. The summed E-state index contributed by atoms with van der Waals surface area (Å²) in [7, 11) is 1.80. The molecule has 1 fully saturated rings. The molecular formula is C17H21N3O2. The molecule has 2 atom stereocenters. The van der Waals surface area contributed by atoms with E-state index >= 15 is 0 Å². The van der Waals surface area contributed by atoms with Crippen LogP contribution < -0.4 is 5.32 Å². The summed E-state index contributed by atoms with van der Waals surface area (Å²) in [6.07, 6.45) is 5.10. The van der Waals surface area contributed by atoms with E-state index in [0.29, 0.717) is 5.56 Å². The summed E-state index contributed by atoms with van der Waals surface area (Å²) in [6.45, 7) is 2.80. The van der Waals surface area contributed by atoms with E-state index < -0.39 is 0 Å². The summed E-state index contributed by atoms with van der Waals surface area (Å²) >= 11 is 0. The molecule has 0 saturated carbocycles. The van der Waals surface area contributed by atoms with Gasteiger partial charge in [0.2, 0.25) is 0 Å². The number of hydrogen-bond acceptors (Lipinski definition) is 3. The Kier molecular flexibility index (Phi) is 4.24. The van der Waals surface area contributed by atoms with Crippen molar-refractivity contribution >= 4 is 5.91 Å². The molecule has 1 aliphatic heterocycles. The topological polar surface area (TPSA) is 56.1 Å². The van der Waals surface area contributed by atoms with Crippen LogP contribution in [0.25, 0.3) is 0 Å². The Morgan fingerprint density at radius 1 is 1.36 bits per heavy atom. The molecule has 1 aromatic carbocycles. The van der Waals surface area contributed by atoms with Crippen LogP contribution in [0.4, 0.5) is 0 Å². The largest absolute Gasteiger partial charge is 0.371 e. The molecule has 2 aromatic rings. The quantitative estimate of drug-likeness (QED) is 0.946. The number of carbonyl (C=O) groups is 1. The zero-order chi connectivity index (χ0) is 15.5. The fourth-order valence-corrected chi connectivity index (χ4v) is 2.80. The molecule has 116 valence electrons. The van der Waals surface area contributed by atoms with E-state index in [1.807, 2.05) is 0 Å². The number of ether oxygens (including phenoxy) is 1. The number of aromatic nitrogens is 2. The molecule has 0 unspecified atom stereocenters. The van der Waals surface area contributed by atoms with Crippen molar-refractivity contribution < 1.29 is 9.53 Å². The lowest BCUT2D eigenvalue weighted by Gasteiger charge is -2.32. The fraction of sp³-hybridized carbons (Fsp3) is 0.412. The summed E-state index contributed by atoms with van der Waals surface area (Å²) in [6, 6.07) is 8.30. The molecule has 22 heavy (non-hydrogen) atoms. The molecule has 5 heteroatoms. The lowest BCUT2D eigenvalue weighted by Crippen LogP contribution is -2.42. The third-order valence-corrected chi connectivity index (χ3v) is 4.01. The molecule has 0 bridgehead atoms. The van der Waals surface area contributed by atoms with Gasteiger partial charge in [-0.25, -0.2) is 0 Å². The summed E-state index contributed by atoms with van der Waals surface area (Å²) in [4.78, 5) is 12.3. The fourth-order valence-electron chi connectivity index (χ4n) is 2.80. The highest BCUT2D eigenvalue weighted by atomic mass is 16.5. The number of carbonyl (C=O) groups excluding carboxylic acids is 1. The molecule has 1 amide bonds. The van der Waals surface area contributed by atoms with Gasteiger partial charge in [0, 0.05) is 19.9 Å². The zero-order valence-corrected chi connectivity index (χ0v) is 13.0. The van der Waals surface area contributed by atoms with Gasteiger partial charge in [-0.3, -0.25) is 9.48 Å². The van der Waals surface area contributed by atoms with E-state index in [1.165, 1.54) is 5.56 Å². The third kappa shape index (κ3) is 3.20. The Hall–Kier alpha value is -2.14. The number of hydrogen-bond donors (Lipinski definition) is 1. The Labute approximate surface area is 130 Å². The van der Waals surface area contributed by atoms with Crippen LogP contribution in [-0.4, -0.2) is 28.3 Å². The number of amides is 1. The normalized spacial score (nSPS) is 21.5. The van der Waals surface area contributed by atoms with Gasteiger partial charge >= 0.3 is 0 Å². The van der Waals surface area contributed by atoms with Gasteiger partial charge < -0.3 is 10.1 Å². The third-order valence-electron chi connectivity index (χ3n) is 4.01. The van der Waals surface area contributed by atoms with Crippen LogP contribution in [-0.2, 0) is 11.8 Å². The van der Waals surface area contributed by atoms with E-state index in [2.05, 4.69) is 41.6 Å². The average Bonchev–Trinajstić information content (AvgIpc) is 2.95. The number of aryl methyl sites for hydroxylation is 2. The SMILES string of the molecule is Cc1ccc([C@@H]2OCCC[C@@H]2NC(=O)c2cnn(C)c2)cc1. The van der Waals surface area contributed by atoms with Gasteiger partial charge in [-0.1, -0.05) is 29.8 Å². The lowest BCUT2D eigenvalue weighted by molar-refractivity contribution is -0.00946. The van der Waals surface area contributed by atoms with Gasteiger partial charge in [0.15, 0.2) is 0 Å². The highest BCUT2D eigenvalue weighted by molar-refractivity contribution is 5.93. The van der Waals surface area contributed by atoms with Gasteiger partial charge in [0.1, 0.15) is 6.10 Å². The predicted octanol–water partition coefficient (Wildman–Crippen LogP) is 2.38. The average molecular weight is 299 g/mol. The molecule has 0 radical (unpaired) electrons. The van der Waals surface area contributed by atoms with Crippen molar-refractivity contribution in [3.63, 3.8) is 0 Å². The summed E-state index contributed by atoms with van der Waals surface area (Å²) in [5, 5.41) is 7.14. The van der Waals surface area contributed by atoms with Crippen LogP contribution in [0.5, 0.6) is 0 Å². The van der Waals surface area contributed by atoms with Crippen molar-refractivity contribution in [2.24, 2.45) is 7.05 Å². The zero-order valence-electron chi connectivity index (χ0n) is 13.0. The summed E-state index contributed by atoms with van der Waals surface area (Å²) in [5.74, 6) is -0.0966. The Morgan fingerprint density at radius 3 is 2.82 bits per heavy atom. The van der Waals surface area contributed by atoms with Gasteiger partial charge in [0.05, 0.1) is 17.8 Å². The minimum atomic E-state index is -0.0966. The second kappa shape index (κ2) is 6.32. The van der Waals surface area contributed by atoms with Crippen LogP contribution in [0.2, 0.25) is 0 Å². The van der Waals surface area contributed by atoms with E-state index in [9.17, 15) is 4.79 Å². The highest BCUT2D eigenvalue weighted by Gasteiger charge is 2.29. The Morgan fingerprint density at radius 2 is 2.14 bits per heavy atom. The first kappa shape index (κ1) is 14.8. The van der Waals surface area contributed by atoms with Crippen LogP contribution in [0, 0.1) is 6.92 Å². The van der Waals surface area contributed by atoms with Gasteiger partial charge in [-0.2, -0.15) is 5.10 Å². The van der Waals surface area contributed by atoms with Crippen molar-refractivity contribution in [2.45, 2.75) is 31.9 Å². The first-order chi connectivity index (χ1) is 10.6. The lowest BCUT2D eigenvalue weighted by atomic mass is 9.95. The first-order valence-electron chi connectivity index (χ1n) is 7.61. The van der Waals surface area contributed by atoms with Crippen molar-refractivity contribution in [3.8, 4) is 0 Å². The summed E-state index contributed by atoms with van der Waals surface area (Å²) < 4.78 is 7.55. The molecule has 1 N–H and O–H groups in total. The number of rotatable bonds is 3. The Balaban J connectivity index is 1.75. The van der Waals surface area contributed by atoms with Gasteiger partial charge in [-0.15, -0.1) is 0 Å². The second-order valence-electron chi connectivity index (χ2n) is 5.83. The van der Waals surface area contributed by atoms with E-state index in [-0.39, 0.29) is 18.1 Å². The Bertz CT molecular complexity index is 648. The predicted molar refractivity (Wildman–Crippen MR) is 83.6 cm³/mol.